The lowest BCUT2D eigenvalue weighted by atomic mass is 10.0. The SMILES string of the molecule is c1ccc(-c2nc(-c3ccccc3)nc(-n3c4ccccc4c4c5c6c(cc43)Oc3cc(-c4ccccn4)ccc3N6c3ccc(-c4ccccn4)cc3O5)n2)cc1. The zero-order valence-electron chi connectivity index (χ0n) is 30.7. The number of nitrogens with zero attached hydrogens (tertiary/aromatic N) is 7. The molecular formula is C49H29N7O2. The second-order valence-corrected chi connectivity index (χ2v) is 14.1. The van der Waals surface area contributed by atoms with Crippen molar-refractivity contribution in [3.05, 3.63) is 176 Å². The molecule has 0 atom stereocenters. The van der Waals surface area contributed by atoms with Crippen LogP contribution < -0.4 is 14.4 Å². The molecule has 58 heavy (non-hydrogen) atoms. The molecule has 6 heterocycles. The predicted octanol–water partition coefficient (Wildman–Crippen LogP) is 12.1. The molecule has 0 bridgehead atoms. The Balaban J connectivity index is 1.14. The third-order valence-corrected chi connectivity index (χ3v) is 10.7. The van der Waals surface area contributed by atoms with Crippen LogP contribution in [0.25, 0.3) is 73.0 Å². The molecule has 272 valence electrons. The molecular weight excluding hydrogens is 719 g/mol. The van der Waals surface area contributed by atoms with Crippen molar-refractivity contribution in [3.63, 3.8) is 0 Å². The van der Waals surface area contributed by atoms with Crippen molar-refractivity contribution in [2.75, 3.05) is 4.90 Å². The zero-order valence-corrected chi connectivity index (χ0v) is 30.7. The molecule has 0 saturated carbocycles. The van der Waals surface area contributed by atoms with Crippen LogP contribution in [0.4, 0.5) is 17.1 Å². The maximum absolute atomic E-state index is 7.13. The lowest BCUT2D eigenvalue weighted by Gasteiger charge is -2.38. The van der Waals surface area contributed by atoms with Gasteiger partial charge in [-0.05, 0) is 54.6 Å². The normalized spacial score (nSPS) is 12.4. The van der Waals surface area contributed by atoms with Gasteiger partial charge in [-0.25, -0.2) is 4.98 Å². The molecule has 0 unspecified atom stereocenters. The van der Waals surface area contributed by atoms with Crippen molar-refractivity contribution >= 4 is 38.9 Å². The number of rotatable bonds is 5. The van der Waals surface area contributed by atoms with E-state index in [2.05, 4.69) is 80.1 Å². The van der Waals surface area contributed by atoms with Gasteiger partial charge in [0.15, 0.2) is 34.6 Å². The van der Waals surface area contributed by atoms with Gasteiger partial charge in [0.25, 0.3) is 0 Å². The first-order valence-electron chi connectivity index (χ1n) is 19.0. The Morgan fingerprint density at radius 2 is 1.00 bits per heavy atom. The number of hydrogen-bond donors (Lipinski definition) is 0. The van der Waals surface area contributed by atoms with Crippen LogP contribution in [0.1, 0.15) is 0 Å². The van der Waals surface area contributed by atoms with Gasteiger partial charge >= 0.3 is 0 Å². The predicted molar refractivity (Wildman–Crippen MR) is 226 cm³/mol. The summed E-state index contributed by atoms with van der Waals surface area (Å²) in [5, 5.41) is 1.90. The van der Waals surface area contributed by atoms with Crippen molar-refractivity contribution in [2.45, 2.75) is 0 Å². The van der Waals surface area contributed by atoms with Crippen LogP contribution in [0.2, 0.25) is 0 Å². The van der Waals surface area contributed by atoms with E-state index in [1.807, 2.05) is 103 Å². The molecule has 0 N–H and O–H groups in total. The van der Waals surface area contributed by atoms with Crippen LogP contribution in [0.3, 0.4) is 0 Å². The minimum absolute atomic E-state index is 0.477. The maximum atomic E-state index is 7.13. The zero-order chi connectivity index (χ0) is 38.2. The monoisotopic (exact) mass is 747 g/mol. The van der Waals surface area contributed by atoms with E-state index in [1.165, 1.54) is 0 Å². The molecule has 6 aromatic carbocycles. The first-order chi connectivity index (χ1) is 28.7. The van der Waals surface area contributed by atoms with Gasteiger partial charge in [0, 0.05) is 46.1 Å². The second kappa shape index (κ2) is 12.7. The lowest BCUT2D eigenvalue weighted by molar-refractivity contribution is 0.450. The molecule has 2 aliphatic rings. The molecule has 0 aliphatic carbocycles. The van der Waals surface area contributed by atoms with Crippen molar-refractivity contribution in [2.24, 2.45) is 0 Å². The number of anilines is 3. The molecule has 0 fully saturated rings. The van der Waals surface area contributed by atoms with E-state index in [-0.39, 0.29) is 0 Å². The van der Waals surface area contributed by atoms with Crippen molar-refractivity contribution in [1.29, 1.82) is 0 Å². The fourth-order valence-electron chi connectivity index (χ4n) is 8.11. The highest BCUT2D eigenvalue weighted by Crippen LogP contribution is 2.63. The minimum Gasteiger partial charge on any atom is -0.453 e. The summed E-state index contributed by atoms with van der Waals surface area (Å²) in [6, 6.07) is 54.8. The van der Waals surface area contributed by atoms with Crippen LogP contribution in [0.5, 0.6) is 23.0 Å². The van der Waals surface area contributed by atoms with Gasteiger partial charge in [-0.3, -0.25) is 19.4 Å². The molecule has 4 aromatic heterocycles. The van der Waals surface area contributed by atoms with E-state index in [0.29, 0.717) is 40.6 Å². The molecule has 0 spiro atoms. The summed E-state index contributed by atoms with van der Waals surface area (Å²) in [6.45, 7) is 0. The smallest absolute Gasteiger partial charge is 0.238 e. The Labute approximate surface area is 332 Å². The topological polar surface area (TPSA) is 91.1 Å². The summed E-state index contributed by atoms with van der Waals surface area (Å²) < 4.78 is 16.2. The number of pyridine rings is 2. The van der Waals surface area contributed by atoms with Crippen molar-refractivity contribution in [1.82, 2.24) is 29.5 Å². The maximum Gasteiger partial charge on any atom is 0.238 e. The Kier molecular flexibility index (Phi) is 7.02. The summed E-state index contributed by atoms with van der Waals surface area (Å²) in [7, 11) is 0. The Morgan fingerprint density at radius 1 is 0.431 bits per heavy atom. The first-order valence-corrected chi connectivity index (χ1v) is 19.0. The molecule has 10 aromatic rings. The number of benzene rings is 6. The molecule has 9 nitrogen and oxygen atoms in total. The summed E-state index contributed by atoms with van der Waals surface area (Å²) in [5.74, 6) is 4.32. The highest BCUT2D eigenvalue weighted by atomic mass is 16.5. The fraction of sp³-hybridized carbons (Fsp3) is 0. The van der Waals surface area contributed by atoms with E-state index < -0.39 is 0 Å². The lowest BCUT2D eigenvalue weighted by Crippen LogP contribution is -2.20. The van der Waals surface area contributed by atoms with Gasteiger partial charge in [0.1, 0.15) is 5.69 Å². The van der Waals surface area contributed by atoms with Crippen molar-refractivity contribution < 1.29 is 9.47 Å². The van der Waals surface area contributed by atoms with Crippen LogP contribution in [0.15, 0.2) is 176 Å². The number of aromatic nitrogens is 6. The highest BCUT2D eigenvalue weighted by Gasteiger charge is 2.38. The number of fused-ring (bicyclic) bond motifs is 8. The Bertz CT molecular complexity index is 3160. The highest BCUT2D eigenvalue weighted by molar-refractivity contribution is 6.17. The van der Waals surface area contributed by atoms with Gasteiger partial charge in [-0.2, -0.15) is 9.97 Å². The average Bonchev–Trinajstić information content (AvgIpc) is 3.63. The van der Waals surface area contributed by atoms with Gasteiger partial charge in [-0.1, -0.05) is 103 Å². The quantitative estimate of drug-likeness (QED) is 0.172. The fourth-order valence-corrected chi connectivity index (χ4v) is 8.11. The van der Waals surface area contributed by atoms with Gasteiger partial charge < -0.3 is 9.47 Å². The molecule has 0 saturated heterocycles. The third-order valence-electron chi connectivity index (χ3n) is 10.7. The second-order valence-electron chi connectivity index (χ2n) is 14.1. The van der Waals surface area contributed by atoms with Crippen LogP contribution in [-0.2, 0) is 0 Å². The summed E-state index contributed by atoms with van der Waals surface area (Å²) >= 11 is 0. The standard InChI is InChI=1S/C49H29N7O2/c1-3-13-30(14-4-1)47-52-48(31-15-5-2-6-16-31)54-49(53-47)56-37-20-8-7-17-34(37)44-40(56)29-43-45-46(44)58-42-28-33(36-19-10-12-26-51-36)22-24-39(42)55(45)38-23-21-32(27-41(38)57-43)35-18-9-11-25-50-35/h1-29H. The van der Waals surface area contributed by atoms with E-state index in [1.54, 1.807) is 12.4 Å². The van der Waals surface area contributed by atoms with Crippen molar-refractivity contribution in [3.8, 4) is 74.2 Å². The summed E-state index contributed by atoms with van der Waals surface area (Å²) in [4.78, 5) is 26.8. The molecule has 2 aliphatic heterocycles. The number of hydrogen-bond acceptors (Lipinski definition) is 8. The van der Waals surface area contributed by atoms with E-state index in [0.717, 1.165) is 72.5 Å². The molecule has 0 radical (unpaired) electrons. The molecule has 9 heteroatoms. The number of ether oxygens (including phenoxy) is 2. The van der Waals surface area contributed by atoms with E-state index >= 15 is 0 Å². The van der Waals surface area contributed by atoms with Gasteiger partial charge in [0.2, 0.25) is 5.95 Å². The Hall–Kier alpha value is -8.17. The van der Waals surface area contributed by atoms with Crippen LogP contribution in [-0.4, -0.2) is 29.5 Å². The van der Waals surface area contributed by atoms with Gasteiger partial charge in [-0.15, -0.1) is 0 Å². The average molecular weight is 748 g/mol. The first kappa shape index (κ1) is 32.1. The molecule has 0 amide bonds. The largest absolute Gasteiger partial charge is 0.453 e. The van der Waals surface area contributed by atoms with Gasteiger partial charge in [0.05, 0.1) is 39.2 Å². The molecule has 12 rings (SSSR count). The Morgan fingerprint density at radius 3 is 1.60 bits per heavy atom. The van der Waals surface area contributed by atoms with Crippen LogP contribution >= 0.6 is 0 Å². The summed E-state index contributed by atoms with van der Waals surface area (Å²) in [5.41, 5.74) is 9.73. The minimum atomic E-state index is 0.477. The van der Waals surface area contributed by atoms with E-state index in [4.69, 9.17) is 24.4 Å². The van der Waals surface area contributed by atoms with Crippen LogP contribution in [0, 0.1) is 0 Å². The third kappa shape index (κ3) is 5.00. The summed E-state index contributed by atoms with van der Waals surface area (Å²) in [6.07, 6.45) is 3.61. The van der Waals surface area contributed by atoms with E-state index in [9.17, 15) is 0 Å². The number of para-hydroxylation sites is 1.